The molecule has 0 bridgehead atoms. The summed E-state index contributed by atoms with van der Waals surface area (Å²) < 4.78 is 6.04. The number of hydrogen-bond donors (Lipinski definition) is 2. The summed E-state index contributed by atoms with van der Waals surface area (Å²) >= 11 is 2.02. The Morgan fingerprint density at radius 1 is 1.19 bits per heavy atom. The van der Waals surface area contributed by atoms with Gasteiger partial charge in [-0.05, 0) is 70.1 Å². The summed E-state index contributed by atoms with van der Waals surface area (Å²) in [6, 6.07) is 16.8. The van der Waals surface area contributed by atoms with E-state index in [1.807, 2.05) is 65.9 Å². The van der Waals surface area contributed by atoms with Crippen molar-refractivity contribution < 1.29 is 14.6 Å². The Hall–Kier alpha value is -2.61. The zero-order valence-electron chi connectivity index (χ0n) is 14.1. The molecule has 0 aliphatic rings. The highest BCUT2D eigenvalue weighted by Crippen LogP contribution is 2.32. The third-order valence-electron chi connectivity index (χ3n) is 3.74. The van der Waals surface area contributed by atoms with Crippen LogP contribution in [0, 0.1) is 3.57 Å². The van der Waals surface area contributed by atoms with Gasteiger partial charge in [0.15, 0.2) is 11.5 Å². The van der Waals surface area contributed by atoms with E-state index >= 15 is 0 Å². The number of carbonyl (C=O) groups is 1. The van der Waals surface area contributed by atoms with E-state index < -0.39 is 0 Å². The quantitative estimate of drug-likeness (QED) is 0.339. The molecule has 0 aromatic heterocycles. The molecule has 3 rings (SSSR count). The van der Waals surface area contributed by atoms with Gasteiger partial charge in [0.2, 0.25) is 0 Å². The number of nitrogens with one attached hydrogen (secondary N) is 1. The molecule has 5 nitrogen and oxygen atoms in total. The van der Waals surface area contributed by atoms with Crippen LogP contribution in [0.25, 0.3) is 10.8 Å². The van der Waals surface area contributed by atoms with E-state index in [0.29, 0.717) is 21.5 Å². The number of halogens is 1. The molecule has 0 heterocycles. The smallest absolute Gasteiger partial charge is 0.271 e. The van der Waals surface area contributed by atoms with E-state index in [9.17, 15) is 9.90 Å². The van der Waals surface area contributed by atoms with Crippen molar-refractivity contribution in [1.82, 2.24) is 5.43 Å². The number of rotatable bonds is 5. The minimum Gasteiger partial charge on any atom is -0.504 e. The van der Waals surface area contributed by atoms with Crippen molar-refractivity contribution in [2.75, 3.05) is 6.61 Å². The second kappa shape index (κ2) is 8.18. The maximum absolute atomic E-state index is 12.3. The number of hydrazone groups is 1. The third kappa shape index (κ3) is 4.13. The summed E-state index contributed by atoms with van der Waals surface area (Å²) in [5.41, 5.74) is 3.78. The first-order valence-corrected chi connectivity index (χ1v) is 9.14. The van der Waals surface area contributed by atoms with Gasteiger partial charge in [-0.2, -0.15) is 5.10 Å². The van der Waals surface area contributed by atoms with E-state index in [0.717, 1.165) is 16.3 Å². The Balaban J connectivity index is 1.74. The molecule has 0 saturated heterocycles. The van der Waals surface area contributed by atoms with Crippen molar-refractivity contribution in [3.05, 3.63) is 69.3 Å². The van der Waals surface area contributed by atoms with Gasteiger partial charge in [0.25, 0.3) is 5.91 Å². The molecule has 0 radical (unpaired) electrons. The number of nitrogens with zero attached hydrogens (tertiary/aromatic N) is 1. The summed E-state index contributed by atoms with van der Waals surface area (Å²) in [6.45, 7) is 2.29. The molecule has 3 aromatic rings. The Kier molecular flexibility index (Phi) is 5.72. The Bertz CT molecular complexity index is 986. The van der Waals surface area contributed by atoms with E-state index in [1.165, 1.54) is 6.21 Å². The third-order valence-corrected chi connectivity index (χ3v) is 4.56. The lowest BCUT2D eigenvalue weighted by Crippen LogP contribution is -2.17. The standard InChI is InChI=1S/C20H17IN2O3/c1-2-26-18-10-13(9-17(21)19(18)24)12-22-23-20(25)16-8-7-14-5-3-4-6-15(14)11-16/h3-12,24H,2H2,1H3,(H,23,25). The van der Waals surface area contributed by atoms with Crippen LogP contribution in [-0.4, -0.2) is 23.8 Å². The number of fused-ring (bicyclic) bond motifs is 1. The fraction of sp³-hybridized carbons (Fsp3) is 0.100. The van der Waals surface area contributed by atoms with Crippen LogP contribution in [0.3, 0.4) is 0 Å². The van der Waals surface area contributed by atoms with Crippen LogP contribution in [0.2, 0.25) is 0 Å². The van der Waals surface area contributed by atoms with Crippen molar-refractivity contribution in [3.63, 3.8) is 0 Å². The average molecular weight is 460 g/mol. The molecule has 0 aliphatic heterocycles. The monoisotopic (exact) mass is 460 g/mol. The number of phenolic OH excluding ortho intramolecular Hbond substituents is 1. The number of phenols is 1. The van der Waals surface area contributed by atoms with Crippen molar-refractivity contribution in [1.29, 1.82) is 0 Å². The predicted octanol–water partition coefficient (Wildman–Crippen LogP) is 4.31. The molecule has 1 amide bonds. The van der Waals surface area contributed by atoms with Gasteiger partial charge in [0.05, 0.1) is 16.4 Å². The Morgan fingerprint density at radius 2 is 1.96 bits per heavy atom. The van der Waals surface area contributed by atoms with Gasteiger partial charge in [-0.1, -0.05) is 30.3 Å². The number of aromatic hydroxyl groups is 1. The summed E-state index contributed by atoms with van der Waals surface area (Å²) in [6.07, 6.45) is 1.52. The van der Waals surface area contributed by atoms with Gasteiger partial charge >= 0.3 is 0 Å². The fourth-order valence-corrected chi connectivity index (χ4v) is 3.12. The normalized spacial score (nSPS) is 11.0. The van der Waals surface area contributed by atoms with Crippen LogP contribution < -0.4 is 10.2 Å². The first-order chi connectivity index (χ1) is 12.6. The SMILES string of the molecule is CCOc1cc(C=NNC(=O)c2ccc3ccccc3c2)cc(I)c1O. The first kappa shape index (κ1) is 18.2. The van der Waals surface area contributed by atoms with E-state index in [4.69, 9.17) is 4.74 Å². The zero-order valence-corrected chi connectivity index (χ0v) is 16.2. The lowest BCUT2D eigenvalue weighted by atomic mass is 10.1. The second-order valence-corrected chi connectivity index (χ2v) is 6.71. The van der Waals surface area contributed by atoms with E-state index in [1.54, 1.807) is 18.2 Å². The molecule has 2 N–H and O–H groups in total. The van der Waals surface area contributed by atoms with Crippen LogP contribution >= 0.6 is 22.6 Å². The lowest BCUT2D eigenvalue weighted by Gasteiger charge is -2.08. The van der Waals surface area contributed by atoms with Gasteiger partial charge in [-0.25, -0.2) is 5.43 Å². The Morgan fingerprint density at radius 3 is 2.73 bits per heavy atom. The van der Waals surface area contributed by atoms with E-state index in [-0.39, 0.29) is 11.7 Å². The molecule has 132 valence electrons. The molecule has 0 aliphatic carbocycles. The summed E-state index contributed by atoms with van der Waals surface area (Å²) in [5, 5.41) is 16.0. The number of hydrogen-bond acceptors (Lipinski definition) is 4. The summed E-state index contributed by atoms with van der Waals surface area (Å²) in [5.74, 6) is 0.206. The molecular formula is C20H17IN2O3. The van der Waals surface area contributed by atoms with Gasteiger partial charge < -0.3 is 9.84 Å². The molecule has 0 spiro atoms. The summed E-state index contributed by atoms with van der Waals surface area (Å²) in [4.78, 5) is 12.3. The largest absolute Gasteiger partial charge is 0.504 e. The number of ether oxygens (including phenoxy) is 1. The lowest BCUT2D eigenvalue weighted by molar-refractivity contribution is 0.0955. The topological polar surface area (TPSA) is 70.9 Å². The fourth-order valence-electron chi connectivity index (χ4n) is 2.49. The van der Waals surface area contributed by atoms with Crippen molar-refractivity contribution in [3.8, 4) is 11.5 Å². The molecular weight excluding hydrogens is 443 g/mol. The molecule has 0 fully saturated rings. The number of amides is 1. The highest BCUT2D eigenvalue weighted by atomic mass is 127. The minimum atomic E-state index is -0.287. The van der Waals surface area contributed by atoms with Gasteiger partial charge in [-0.15, -0.1) is 0 Å². The molecule has 0 saturated carbocycles. The molecule has 0 unspecified atom stereocenters. The number of carbonyl (C=O) groups excluding carboxylic acids is 1. The highest BCUT2D eigenvalue weighted by molar-refractivity contribution is 14.1. The van der Waals surface area contributed by atoms with Crippen LogP contribution in [0.1, 0.15) is 22.8 Å². The second-order valence-electron chi connectivity index (χ2n) is 5.54. The minimum absolute atomic E-state index is 0.102. The van der Waals surface area contributed by atoms with Crippen LogP contribution in [0.4, 0.5) is 0 Å². The maximum Gasteiger partial charge on any atom is 0.271 e. The van der Waals surface area contributed by atoms with Gasteiger partial charge in [-0.3, -0.25) is 4.79 Å². The molecule has 6 heteroatoms. The average Bonchev–Trinajstić information content (AvgIpc) is 2.65. The van der Waals surface area contributed by atoms with Crippen LogP contribution in [0.5, 0.6) is 11.5 Å². The Labute approximate surface area is 164 Å². The molecule has 26 heavy (non-hydrogen) atoms. The van der Waals surface area contributed by atoms with Crippen LogP contribution in [-0.2, 0) is 0 Å². The van der Waals surface area contributed by atoms with Crippen molar-refractivity contribution in [2.45, 2.75) is 6.92 Å². The molecule has 3 aromatic carbocycles. The predicted molar refractivity (Wildman–Crippen MR) is 111 cm³/mol. The van der Waals surface area contributed by atoms with E-state index in [2.05, 4.69) is 10.5 Å². The molecule has 0 atom stereocenters. The van der Waals surface area contributed by atoms with Crippen LogP contribution in [0.15, 0.2) is 59.7 Å². The zero-order chi connectivity index (χ0) is 18.5. The van der Waals surface area contributed by atoms with Gasteiger partial charge in [0, 0.05) is 5.56 Å². The van der Waals surface area contributed by atoms with Gasteiger partial charge in [0.1, 0.15) is 0 Å². The summed E-state index contributed by atoms with van der Waals surface area (Å²) in [7, 11) is 0. The first-order valence-electron chi connectivity index (χ1n) is 8.06. The highest BCUT2D eigenvalue weighted by Gasteiger charge is 2.09. The van der Waals surface area contributed by atoms with Crippen molar-refractivity contribution in [2.24, 2.45) is 5.10 Å². The maximum atomic E-state index is 12.3. The number of benzene rings is 3. The van der Waals surface area contributed by atoms with Crippen molar-refractivity contribution >= 4 is 45.5 Å².